The molecule has 5 nitrogen and oxygen atoms in total. The van der Waals surface area contributed by atoms with Gasteiger partial charge in [0.2, 0.25) is 5.78 Å². The second-order valence-corrected chi connectivity index (χ2v) is 9.27. The van der Waals surface area contributed by atoms with Crippen molar-refractivity contribution in [1.82, 2.24) is 4.57 Å². The maximum absolute atomic E-state index is 12.9. The van der Waals surface area contributed by atoms with Gasteiger partial charge in [0.25, 0.3) is 0 Å². The number of carbonyl (C=O) groups excluding carboxylic acids is 2. The summed E-state index contributed by atoms with van der Waals surface area (Å²) < 4.78 is 7.28. The number of pyridine rings is 1. The minimum Gasteiger partial charge on any atom is -0.453 e. The third-order valence-electron chi connectivity index (χ3n) is 5.88. The van der Waals surface area contributed by atoms with Gasteiger partial charge in [-0.15, -0.1) is 0 Å². The molecule has 33 heavy (non-hydrogen) atoms. The molecule has 5 heteroatoms. The minimum atomic E-state index is -0.921. The van der Waals surface area contributed by atoms with E-state index >= 15 is 0 Å². The number of aromatic nitrogens is 1. The van der Waals surface area contributed by atoms with Crippen molar-refractivity contribution in [2.75, 3.05) is 0 Å². The van der Waals surface area contributed by atoms with E-state index in [-0.39, 0.29) is 23.2 Å². The fourth-order valence-electron chi connectivity index (χ4n) is 4.03. The zero-order valence-corrected chi connectivity index (χ0v) is 19.3. The third kappa shape index (κ3) is 4.44. The quantitative estimate of drug-likeness (QED) is 0.241. The maximum Gasteiger partial charge on any atom is 0.326 e. The van der Waals surface area contributed by atoms with Crippen LogP contribution in [0.3, 0.4) is 0 Å². The van der Waals surface area contributed by atoms with E-state index in [1.807, 2.05) is 36.4 Å². The van der Waals surface area contributed by atoms with Crippen LogP contribution in [0.25, 0.3) is 21.8 Å². The van der Waals surface area contributed by atoms with Crippen LogP contribution >= 0.6 is 0 Å². The zero-order chi connectivity index (χ0) is 23.8. The first-order chi connectivity index (χ1) is 15.7. The summed E-state index contributed by atoms with van der Waals surface area (Å²) in [4.78, 5) is 38.5. The lowest BCUT2D eigenvalue weighted by Gasteiger charge is -2.19. The highest BCUT2D eigenvalue weighted by Gasteiger charge is 2.22. The van der Waals surface area contributed by atoms with Crippen LogP contribution in [0.15, 0.2) is 77.6 Å². The molecule has 1 heterocycles. The van der Waals surface area contributed by atoms with Crippen molar-refractivity contribution in [3.63, 3.8) is 0 Å². The molecule has 1 unspecified atom stereocenters. The number of hydrogen-bond acceptors (Lipinski definition) is 4. The van der Waals surface area contributed by atoms with Gasteiger partial charge >= 0.3 is 5.97 Å². The second-order valence-electron chi connectivity index (χ2n) is 9.27. The molecule has 1 aromatic heterocycles. The van der Waals surface area contributed by atoms with E-state index in [0.29, 0.717) is 27.4 Å². The number of hydrogen-bond donors (Lipinski definition) is 0. The highest BCUT2D eigenvalue weighted by molar-refractivity contribution is 6.00. The molecule has 0 amide bonds. The first kappa shape index (κ1) is 22.5. The first-order valence-corrected chi connectivity index (χ1v) is 11.0. The van der Waals surface area contributed by atoms with Gasteiger partial charge in [-0.1, -0.05) is 69.3 Å². The molecule has 0 bridgehead atoms. The van der Waals surface area contributed by atoms with E-state index in [4.69, 9.17) is 4.74 Å². The minimum absolute atomic E-state index is 0.0118. The third-order valence-corrected chi connectivity index (χ3v) is 5.88. The predicted octanol–water partition coefficient (Wildman–Crippen LogP) is 5.27. The summed E-state index contributed by atoms with van der Waals surface area (Å²) in [6, 6.07) is 21.8. The molecule has 0 fully saturated rings. The lowest BCUT2D eigenvalue weighted by molar-refractivity contribution is -0.146. The Balaban J connectivity index is 1.58. The Morgan fingerprint density at radius 2 is 1.36 bits per heavy atom. The van der Waals surface area contributed by atoms with Crippen LogP contribution in [-0.2, 0) is 21.5 Å². The average molecular weight is 442 g/mol. The number of rotatable bonds is 5. The van der Waals surface area contributed by atoms with Crippen molar-refractivity contribution in [3.8, 4) is 0 Å². The maximum atomic E-state index is 12.9. The summed E-state index contributed by atoms with van der Waals surface area (Å²) in [5.74, 6) is -0.792. The highest BCUT2D eigenvalue weighted by Crippen LogP contribution is 2.23. The Kier molecular flexibility index (Phi) is 5.90. The molecular weight excluding hydrogens is 414 g/mol. The number of benzene rings is 3. The van der Waals surface area contributed by atoms with Crippen LogP contribution in [0, 0.1) is 0 Å². The summed E-state index contributed by atoms with van der Waals surface area (Å²) in [7, 11) is 0. The second kappa shape index (κ2) is 8.66. The van der Waals surface area contributed by atoms with Crippen molar-refractivity contribution in [1.29, 1.82) is 0 Å². The molecule has 1 atom stereocenters. The average Bonchev–Trinajstić information content (AvgIpc) is 2.80. The number of ketones is 1. The Morgan fingerprint density at radius 1 is 0.848 bits per heavy atom. The topological polar surface area (TPSA) is 65.4 Å². The SMILES string of the molecule is CC(OC(=O)Cn1c2ccccc2c(=O)c2ccccc21)C(=O)c1ccc(C(C)(C)C)cc1. The number of ether oxygens (including phenoxy) is 1. The van der Waals surface area contributed by atoms with Gasteiger partial charge < -0.3 is 9.30 Å². The molecule has 0 saturated carbocycles. The van der Waals surface area contributed by atoms with Crippen LogP contribution in [0.1, 0.15) is 43.6 Å². The lowest BCUT2D eigenvalue weighted by Crippen LogP contribution is -2.27. The van der Waals surface area contributed by atoms with Crippen LogP contribution in [-0.4, -0.2) is 22.4 Å². The van der Waals surface area contributed by atoms with Gasteiger partial charge in [-0.2, -0.15) is 0 Å². The Bertz CT molecular complexity index is 1350. The van der Waals surface area contributed by atoms with Gasteiger partial charge in [0.1, 0.15) is 6.54 Å². The van der Waals surface area contributed by atoms with E-state index in [1.165, 1.54) is 0 Å². The Morgan fingerprint density at radius 3 is 1.88 bits per heavy atom. The number of carbonyl (C=O) groups is 2. The van der Waals surface area contributed by atoms with E-state index in [9.17, 15) is 14.4 Å². The van der Waals surface area contributed by atoms with Gasteiger partial charge in [-0.05, 0) is 42.2 Å². The lowest BCUT2D eigenvalue weighted by atomic mass is 9.86. The summed E-state index contributed by atoms with van der Waals surface area (Å²) in [6.45, 7) is 7.80. The molecule has 0 spiro atoms. The number of nitrogens with zero attached hydrogens (tertiary/aromatic N) is 1. The van der Waals surface area contributed by atoms with Crippen LogP contribution in [0.2, 0.25) is 0 Å². The fraction of sp³-hybridized carbons (Fsp3) is 0.250. The smallest absolute Gasteiger partial charge is 0.326 e. The Hall–Kier alpha value is -3.73. The molecule has 168 valence electrons. The van der Waals surface area contributed by atoms with Crippen LogP contribution in [0.4, 0.5) is 0 Å². The van der Waals surface area contributed by atoms with Crippen molar-refractivity contribution in [2.24, 2.45) is 0 Å². The van der Waals surface area contributed by atoms with E-state index < -0.39 is 12.1 Å². The summed E-state index contributed by atoms with van der Waals surface area (Å²) in [6.07, 6.45) is -0.921. The van der Waals surface area contributed by atoms with Gasteiger partial charge in [0.05, 0.1) is 11.0 Å². The molecule has 0 aliphatic rings. The van der Waals surface area contributed by atoms with E-state index in [1.54, 1.807) is 47.9 Å². The number of esters is 1. The van der Waals surface area contributed by atoms with Gasteiger partial charge in [-0.25, -0.2) is 0 Å². The van der Waals surface area contributed by atoms with E-state index in [2.05, 4.69) is 20.8 Å². The molecule has 4 rings (SSSR count). The van der Waals surface area contributed by atoms with Crippen LogP contribution in [0.5, 0.6) is 0 Å². The Labute approximate surface area is 192 Å². The van der Waals surface area contributed by atoms with Crippen molar-refractivity contribution in [2.45, 2.75) is 45.8 Å². The largest absolute Gasteiger partial charge is 0.453 e. The number of Topliss-reactive ketones (excluding diaryl/α,β-unsaturated/α-hetero) is 1. The molecule has 0 saturated heterocycles. The monoisotopic (exact) mass is 441 g/mol. The standard InChI is InChI=1S/C28H27NO4/c1-18(26(31)19-13-15-20(16-14-19)28(2,3)4)33-25(30)17-29-23-11-7-5-9-21(23)27(32)22-10-6-8-12-24(22)29/h5-16,18H,17H2,1-4H3. The highest BCUT2D eigenvalue weighted by atomic mass is 16.5. The summed E-state index contributed by atoms with van der Waals surface area (Å²) in [5.41, 5.74) is 2.84. The van der Waals surface area contributed by atoms with E-state index in [0.717, 1.165) is 5.56 Å². The number of para-hydroxylation sites is 2. The first-order valence-electron chi connectivity index (χ1n) is 11.0. The summed E-state index contributed by atoms with van der Waals surface area (Å²) >= 11 is 0. The normalized spacial score (nSPS) is 12.6. The molecule has 0 radical (unpaired) electrons. The van der Waals surface area contributed by atoms with Gasteiger partial charge in [-0.3, -0.25) is 14.4 Å². The van der Waals surface area contributed by atoms with Gasteiger partial charge in [0.15, 0.2) is 11.5 Å². The summed E-state index contributed by atoms with van der Waals surface area (Å²) in [5, 5.41) is 1.07. The molecular formula is C28H27NO4. The van der Waals surface area contributed by atoms with Gasteiger partial charge in [0, 0.05) is 16.3 Å². The molecule has 0 N–H and O–H groups in total. The van der Waals surface area contributed by atoms with Crippen molar-refractivity contribution in [3.05, 3.63) is 94.1 Å². The molecule has 4 aromatic rings. The molecule has 0 aliphatic carbocycles. The van der Waals surface area contributed by atoms with Crippen molar-refractivity contribution >= 4 is 33.6 Å². The van der Waals surface area contributed by atoms with Crippen LogP contribution < -0.4 is 5.43 Å². The molecule has 0 aliphatic heterocycles. The fourth-order valence-corrected chi connectivity index (χ4v) is 4.03. The predicted molar refractivity (Wildman–Crippen MR) is 131 cm³/mol. The number of fused-ring (bicyclic) bond motifs is 2. The zero-order valence-electron chi connectivity index (χ0n) is 19.3. The molecule has 3 aromatic carbocycles. The van der Waals surface area contributed by atoms with Crippen molar-refractivity contribution < 1.29 is 14.3 Å².